The summed E-state index contributed by atoms with van der Waals surface area (Å²) >= 11 is 5.46. The standard InChI is InChI=1S/C7H7ClN2/c1-5(2)6-3-9-7(8)10-4-6/h3-4H,1H2,2H3. The minimum Gasteiger partial charge on any atom is -0.226 e. The quantitative estimate of drug-likeness (QED) is 0.580. The zero-order valence-electron chi connectivity index (χ0n) is 5.63. The van der Waals surface area contributed by atoms with Crippen LogP contribution >= 0.6 is 11.6 Å². The average Bonchev–Trinajstić information content (AvgIpc) is 1.88. The molecule has 0 aliphatic carbocycles. The van der Waals surface area contributed by atoms with Crippen molar-refractivity contribution in [3.05, 3.63) is 29.8 Å². The Morgan fingerprint density at radius 2 is 2.00 bits per heavy atom. The van der Waals surface area contributed by atoms with Gasteiger partial charge in [0.05, 0.1) is 0 Å². The molecule has 0 aromatic carbocycles. The normalized spacial score (nSPS) is 9.40. The summed E-state index contributed by atoms with van der Waals surface area (Å²) in [5.41, 5.74) is 1.86. The molecule has 1 aromatic rings. The van der Waals surface area contributed by atoms with Crippen LogP contribution in [0.4, 0.5) is 0 Å². The number of hydrogen-bond donors (Lipinski definition) is 0. The first-order chi connectivity index (χ1) is 4.70. The zero-order valence-corrected chi connectivity index (χ0v) is 6.39. The van der Waals surface area contributed by atoms with Gasteiger partial charge in [-0.1, -0.05) is 6.58 Å². The molecule has 0 fully saturated rings. The van der Waals surface area contributed by atoms with Crippen LogP contribution < -0.4 is 0 Å². The van der Waals surface area contributed by atoms with Crippen LogP contribution in [0.3, 0.4) is 0 Å². The van der Waals surface area contributed by atoms with Gasteiger partial charge in [0, 0.05) is 18.0 Å². The average molecular weight is 155 g/mol. The van der Waals surface area contributed by atoms with Gasteiger partial charge in [-0.15, -0.1) is 0 Å². The lowest BCUT2D eigenvalue weighted by Crippen LogP contribution is -1.84. The molecule has 0 aliphatic rings. The van der Waals surface area contributed by atoms with Gasteiger partial charge in [0.2, 0.25) is 5.28 Å². The van der Waals surface area contributed by atoms with Crippen molar-refractivity contribution in [3.63, 3.8) is 0 Å². The van der Waals surface area contributed by atoms with Crippen molar-refractivity contribution >= 4 is 17.2 Å². The van der Waals surface area contributed by atoms with E-state index >= 15 is 0 Å². The van der Waals surface area contributed by atoms with Crippen LogP contribution in [0.5, 0.6) is 0 Å². The molecule has 0 unspecified atom stereocenters. The summed E-state index contributed by atoms with van der Waals surface area (Å²) in [6.07, 6.45) is 3.30. The molecule has 0 saturated carbocycles. The van der Waals surface area contributed by atoms with Crippen LogP contribution in [0.2, 0.25) is 5.28 Å². The number of aromatic nitrogens is 2. The van der Waals surface area contributed by atoms with Crippen molar-refractivity contribution in [2.24, 2.45) is 0 Å². The number of rotatable bonds is 1. The van der Waals surface area contributed by atoms with E-state index in [4.69, 9.17) is 11.6 Å². The molecular formula is C7H7ClN2. The molecule has 2 nitrogen and oxygen atoms in total. The van der Waals surface area contributed by atoms with E-state index in [0.717, 1.165) is 11.1 Å². The molecule has 0 atom stereocenters. The second-order valence-electron chi connectivity index (χ2n) is 2.02. The fraction of sp³-hybridized carbons (Fsp3) is 0.143. The summed E-state index contributed by atoms with van der Waals surface area (Å²) in [6.45, 7) is 5.63. The number of nitrogens with zero attached hydrogens (tertiary/aromatic N) is 2. The minimum absolute atomic E-state index is 0.269. The van der Waals surface area contributed by atoms with Crippen LogP contribution in [0, 0.1) is 0 Å². The highest BCUT2D eigenvalue weighted by atomic mass is 35.5. The molecule has 0 N–H and O–H groups in total. The second kappa shape index (κ2) is 2.80. The molecule has 0 radical (unpaired) electrons. The molecule has 0 amide bonds. The lowest BCUT2D eigenvalue weighted by atomic mass is 10.2. The van der Waals surface area contributed by atoms with E-state index in [1.54, 1.807) is 12.4 Å². The van der Waals surface area contributed by atoms with Crippen molar-refractivity contribution in [1.29, 1.82) is 0 Å². The molecule has 0 spiro atoms. The summed E-state index contributed by atoms with van der Waals surface area (Å²) in [7, 11) is 0. The summed E-state index contributed by atoms with van der Waals surface area (Å²) in [5.74, 6) is 0. The number of halogens is 1. The smallest absolute Gasteiger partial charge is 0.222 e. The Balaban J connectivity index is 3.00. The van der Waals surface area contributed by atoms with Crippen LogP contribution in [-0.2, 0) is 0 Å². The largest absolute Gasteiger partial charge is 0.226 e. The lowest BCUT2D eigenvalue weighted by Gasteiger charge is -1.95. The van der Waals surface area contributed by atoms with Crippen LogP contribution in [0.15, 0.2) is 19.0 Å². The zero-order chi connectivity index (χ0) is 7.56. The van der Waals surface area contributed by atoms with Gasteiger partial charge >= 0.3 is 0 Å². The predicted molar refractivity (Wildman–Crippen MR) is 41.8 cm³/mol. The maximum atomic E-state index is 5.46. The molecule has 10 heavy (non-hydrogen) atoms. The fourth-order valence-corrected chi connectivity index (χ4v) is 0.630. The third kappa shape index (κ3) is 1.54. The third-order valence-electron chi connectivity index (χ3n) is 1.11. The Morgan fingerprint density at radius 3 is 2.40 bits per heavy atom. The summed E-state index contributed by atoms with van der Waals surface area (Å²) in [5, 5.41) is 0.269. The fourth-order valence-electron chi connectivity index (χ4n) is 0.533. The van der Waals surface area contributed by atoms with E-state index < -0.39 is 0 Å². The van der Waals surface area contributed by atoms with Crippen LogP contribution in [0.25, 0.3) is 5.57 Å². The summed E-state index contributed by atoms with van der Waals surface area (Å²) < 4.78 is 0. The lowest BCUT2D eigenvalue weighted by molar-refractivity contribution is 1.15. The molecule has 0 saturated heterocycles. The van der Waals surface area contributed by atoms with E-state index in [1.165, 1.54) is 0 Å². The summed E-state index contributed by atoms with van der Waals surface area (Å²) in [4.78, 5) is 7.59. The van der Waals surface area contributed by atoms with Crippen LogP contribution in [0.1, 0.15) is 12.5 Å². The minimum atomic E-state index is 0.269. The van der Waals surface area contributed by atoms with E-state index in [2.05, 4.69) is 16.5 Å². The van der Waals surface area contributed by atoms with Crippen molar-refractivity contribution in [2.75, 3.05) is 0 Å². The maximum Gasteiger partial charge on any atom is 0.222 e. The third-order valence-corrected chi connectivity index (χ3v) is 1.31. The van der Waals surface area contributed by atoms with E-state index in [-0.39, 0.29) is 5.28 Å². The second-order valence-corrected chi connectivity index (χ2v) is 2.36. The molecule has 3 heteroatoms. The van der Waals surface area contributed by atoms with Gasteiger partial charge in [0.25, 0.3) is 0 Å². The highest BCUT2D eigenvalue weighted by molar-refractivity contribution is 6.28. The Bertz CT molecular complexity index is 240. The van der Waals surface area contributed by atoms with Gasteiger partial charge in [0.1, 0.15) is 0 Å². The monoisotopic (exact) mass is 154 g/mol. The van der Waals surface area contributed by atoms with Crippen molar-refractivity contribution in [1.82, 2.24) is 9.97 Å². The van der Waals surface area contributed by atoms with E-state index in [0.29, 0.717) is 0 Å². The highest BCUT2D eigenvalue weighted by Gasteiger charge is 1.93. The first kappa shape index (κ1) is 7.22. The first-order valence-electron chi connectivity index (χ1n) is 2.83. The molecule has 1 aromatic heterocycles. The van der Waals surface area contributed by atoms with E-state index in [1.807, 2.05) is 6.92 Å². The van der Waals surface area contributed by atoms with Crippen molar-refractivity contribution in [3.8, 4) is 0 Å². The molecular weight excluding hydrogens is 148 g/mol. The predicted octanol–water partition coefficient (Wildman–Crippen LogP) is 2.16. The molecule has 52 valence electrons. The van der Waals surface area contributed by atoms with Gasteiger partial charge in [-0.3, -0.25) is 0 Å². The Morgan fingerprint density at radius 1 is 1.50 bits per heavy atom. The Labute approximate surface area is 64.6 Å². The molecule has 1 heterocycles. The number of hydrogen-bond acceptors (Lipinski definition) is 2. The van der Waals surface area contributed by atoms with Crippen LogP contribution in [-0.4, -0.2) is 9.97 Å². The van der Waals surface area contributed by atoms with Crippen molar-refractivity contribution < 1.29 is 0 Å². The molecule has 0 aliphatic heterocycles. The maximum absolute atomic E-state index is 5.46. The van der Waals surface area contributed by atoms with Gasteiger partial charge in [-0.25, -0.2) is 9.97 Å². The van der Waals surface area contributed by atoms with Gasteiger partial charge in [-0.05, 0) is 24.1 Å². The van der Waals surface area contributed by atoms with Gasteiger partial charge < -0.3 is 0 Å². The Kier molecular flexibility index (Phi) is 2.02. The molecule has 1 rings (SSSR count). The van der Waals surface area contributed by atoms with Gasteiger partial charge in [-0.2, -0.15) is 0 Å². The first-order valence-corrected chi connectivity index (χ1v) is 3.21. The highest BCUT2D eigenvalue weighted by Crippen LogP contribution is 2.08. The van der Waals surface area contributed by atoms with Gasteiger partial charge in [0.15, 0.2) is 0 Å². The number of allylic oxidation sites excluding steroid dienone is 1. The summed E-state index contributed by atoms with van der Waals surface area (Å²) in [6, 6.07) is 0. The topological polar surface area (TPSA) is 25.8 Å². The molecule has 0 bridgehead atoms. The van der Waals surface area contributed by atoms with Crippen molar-refractivity contribution in [2.45, 2.75) is 6.92 Å². The Hall–Kier alpha value is -0.890. The SMILES string of the molecule is C=C(C)c1cnc(Cl)nc1. The van der Waals surface area contributed by atoms with E-state index in [9.17, 15) is 0 Å².